The van der Waals surface area contributed by atoms with E-state index in [0.29, 0.717) is 24.9 Å². The highest BCUT2D eigenvalue weighted by molar-refractivity contribution is 5.89. The van der Waals surface area contributed by atoms with Gasteiger partial charge in [-0.3, -0.25) is 0 Å². The van der Waals surface area contributed by atoms with Gasteiger partial charge in [0.2, 0.25) is 0 Å². The number of likely N-dealkylation sites (tertiary alicyclic amines) is 1. The molecule has 1 aromatic carbocycles. The van der Waals surface area contributed by atoms with Gasteiger partial charge < -0.3 is 14.4 Å². The lowest BCUT2D eigenvalue weighted by Crippen LogP contribution is -2.48. The molecule has 1 aliphatic rings. The summed E-state index contributed by atoms with van der Waals surface area (Å²) < 4.78 is 11.0. The van der Waals surface area contributed by atoms with Gasteiger partial charge >= 0.3 is 12.1 Å². The van der Waals surface area contributed by atoms with Crippen molar-refractivity contribution in [2.24, 2.45) is 0 Å². The van der Waals surface area contributed by atoms with Crippen LogP contribution >= 0.6 is 0 Å². The van der Waals surface area contributed by atoms with Crippen LogP contribution in [0.5, 0.6) is 0 Å². The lowest BCUT2D eigenvalue weighted by Gasteiger charge is -2.37. The molecule has 1 amide bonds. The summed E-state index contributed by atoms with van der Waals surface area (Å²) in [5, 5.41) is 0. The number of benzene rings is 1. The molecule has 0 bridgehead atoms. The number of carbonyl (C=O) groups excluding carboxylic acids is 2. The van der Waals surface area contributed by atoms with Crippen molar-refractivity contribution in [2.75, 3.05) is 6.54 Å². The second-order valence-corrected chi connectivity index (χ2v) is 6.94. The van der Waals surface area contributed by atoms with Crippen molar-refractivity contribution in [1.82, 2.24) is 4.90 Å². The highest BCUT2D eigenvalue weighted by Crippen LogP contribution is 2.23. The first-order valence-corrected chi connectivity index (χ1v) is 8.02. The first-order valence-electron chi connectivity index (χ1n) is 8.02. The molecule has 0 radical (unpaired) electrons. The summed E-state index contributed by atoms with van der Waals surface area (Å²) in [6.07, 6.45) is 0.772. The Morgan fingerprint density at radius 2 is 1.83 bits per heavy atom. The molecule has 2 atom stereocenters. The van der Waals surface area contributed by atoms with Crippen LogP contribution in [0.4, 0.5) is 4.79 Å². The Balaban J connectivity index is 1.89. The third kappa shape index (κ3) is 4.98. The summed E-state index contributed by atoms with van der Waals surface area (Å²) in [6, 6.07) is 8.93. The number of amides is 1. The van der Waals surface area contributed by atoms with Crippen molar-refractivity contribution < 1.29 is 19.1 Å². The predicted octanol–water partition coefficient (Wildman–Crippen LogP) is 3.63. The van der Waals surface area contributed by atoms with Crippen molar-refractivity contribution in [3.8, 4) is 0 Å². The van der Waals surface area contributed by atoms with Gasteiger partial charge in [-0.15, -0.1) is 0 Å². The van der Waals surface area contributed by atoms with E-state index in [1.54, 1.807) is 17.0 Å². The van der Waals surface area contributed by atoms with Crippen LogP contribution in [0.25, 0.3) is 0 Å². The highest BCUT2D eigenvalue weighted by Gasteiger charge is 2.33. The number of nitrogens with zero attached hydrogens (tertiary/aromatic N) is 1. The van der Waals surface area contributed by atoms with Gasteiger partial charge in [-0.25, -0.2) is 9.59 Å². The second-order valence-electron chi connectivity index (χ2n) is 6.94. The number of piperidine rings is 1. The molecule has 0 N–H and O–H groups in total. The SMILES string of the molecule is CC1CC(OC(=O)c2ccccc2)CCN1C(=O)OC(C)(C)C. The van der Waals surface area contributed by atoms with Gasteiger partial charge in [-0.2, -0.15) is 0 Å². The smallest absolute Gasteiger partial charge is 0.410 e. The standard InChI is InChI=1S/C18H25NO4/c1-13-12-15(22-16(20)14-8-6-5-7-9-14)10-11-19(13)17(21)23-18(2,3)4/h5-9,13,15H,10-12H2,1-4H3. The maximum Gasteiger partial charge on any atom is 0.410 e. The molecule has 0 aliphatic carbocycles. The monoisotopic (exact) mass is 319 g/mol. The molecule has 5 nitrogen and oxygen atoms in total. The summed E-state index contributed by atoms with van der Waals surface area (Å²) >= 11 is 0. The van der Waals surface area contributed by atoms with Gasteiger partial charge in [0.1, 0.15) is 11.7 Å². The Morgan fingerprint density at radius 1 is 1.17 bits per heavy atom. The van der Waals surface area contributed by atoms with Crippen LogP contribution < -0.4 is 0 Å². The molecule has 0 aromatic heterocycles. The van der Waals surface area contributed by atoms with E-state index < -0.39 is 5.60 Å². The fraction of sp³-hybridized carbons (Fsp3) is 0.556. The summed E-state index contributed by atoms with van der Waals surface area (Å²) in [5.74, 6) is -0.312. The first kappa shape index (κ1) is 17.3. The first-order chi connectivity index (χ1) is 10.8. The second kappa shape index (κ2) is 7.02. The Bertz CT molecular complexity index is 550. The number of hydrogen-bond acceptors (Lipinski definition) is 4. The zero-order valence-corrected chi connectivity index (χ0v) is 14.2. The average molecular weight is 319 g/mol. The normalized spacial score (nSPS) is 21.7. The lowest BCUT2D eigenvalue weighted by molar-refractivity contribution is -0.0168. The van der Waals surface area contributed by atoms with Crippen LogP contribution in [0.2, 0.25) is 0 Å². The number of hydrogen-bond donors (Lipinski definition) is 0. The van der Waals surface area contributed by atoms with Gasteiger partial charge in [0.05, 0.1) is 5.56 Å². The van der Waals surface area contributed by atoms with Crippen LogP contribution in [0, 0.1) is 0 Å². The van der Waals surface area contributed by atoms with Gasteiger partial charge in [0.25, 0.3) is 0 Å². The van der Waals surface area contributed by atoms with Gasteiger partial charge in [-0.1, -0.05) is 18.2 Å². The molecule has 1 aliphatic heterocycles. The van der Waals surface area contributed by atoms with Gasteiger partial charge in [0.15, 0.2) is 0 Å². The molecule has 1 fully saturated rings. The Hall–Kier alpha value is -2.04. The fourth-order valence-corrected chi connectivity index (χ4v) is 2.62. The van der Waals surface area contributed by atoms with Crippen LogP contribution in [0.3, 0.4) is 0 Å². The maximum absolute atomic E-state index is 12.2. The molecular formula is C18H25NO4. The minimum absolute atomic E-state index is 0.0211. The molecular weight excluding hydrogens is 294 g/mol. The molecule has 0 saturated carbocycles. The van der Waals surface area contributed by atoms with E-state index in [4.69, 9.17) is 9.47 Å². The maximum atomic E-state index is 12.2. The van der Waals surface area contributed by atoms with Crippen LogP contribution in [0.1, 0.15) is 50.9 Å². The number of rotatable bonds is 2. The van der Waals surface area contributed by atoms with Crippen molar-refractivity contribution in [3.05, 3.63) is 35.9 Å². The zero-order chi connectivity index (χ0) is 17.0. The minimum Gasteiger partial charge on any atom is -0.459 e. The minimum atomic E-state index is -0.507. The van der Waals surface area contributed by atoms with Crippen molar-refractivity contribution in [1.29, 1.82) is 0 Å². The van der Waals surface area contributed by atoms with Crippen molar-refractivity contribution in [3.63, 3.8) is 0 Å². The van der Waals surface area contributed by atoms with Gasteiger partial charge in [0, 0.05) is 25.4 Å². The molecule has 1 heterocycles. The van der Waals surface area contributed by atoms with Crippen LogP contribution in [0.15, 0.2) is 30.3 Å². The third-order valence-corrected chi connectivity index (χ3v) is 3.74. The molecule has 0 spiro atoms. The Labute approximate surface area is 137 Å². The lowest BCUT2D eigenvalue weighted by atomic mass is 10.0. The number of esters is 1. The fourth-order valence-electron chi connectivity index (χ4n) is 2.62. The van der Waals surface area contributed by atoms with E-state index in [-0.39, 0.29) is 24.2 Å². The Kier molecular flexibility index (Phi) is 5.29. The molecule has 126 valence electrons. The summed E-state index contributed by atoms with van der Waals surface area (Å²) in [7, 11) is 0. The highest BCUT2D eigenvalue weighted by atomic mass is 16.6. The Morgan fingerprint density at radius 3 is 2.39 bits per heavy atom. The van der Waals surface area contributed by atoms with Gasteiger partial charge in [-0.05, 0) is 39.8 Å². The van der Waals surface area contributed by atoms with E-state index in [1.165, 1.54) is 0 Å². The number of ether oxygens (including phenoxy) is 2. The molecule has 2 unspecified atom stereocenters. The predicted molar refractivity (Wildman–Crippen MR) is 87.3 cm³/mol. The molecule has 23 heavy (non-hydrogen) atoms. The quantitative estimate of drug-likeness (QED) is 0.781. The molecule has 1 aromatic rings. The average Bonchev–Trinajstić information content (AvgIpc) is 2.46. The molecule has 2 rings (SSSR count). The summed E-state index contributed by atoms with van der Waals surface area (Å²) in [5.41, 5.74) is 0.0442. The molecule has 1 saturated heterocycles. The topological polar surface area (TPSA) is 55.8 Å². The zero-order valence-electron chi connectivity index (χ0n) is 14.2. The van der Waals surface area contributed by atoms with E-state index in [0.717, 1.165) is 0 Å². The number of carbonyl (C=O) groups is 2. The van der Waals surface area contributed by atoms with Crippen LogP contribution in [-0.4, -0.2) is 41.3 Å². The molecule has 5 heteroatoms. The van der Waals surface area contributed by atoms with E-state index >= 15 is 0 Å². The van der Waals surface area contributed by atoms with Crippen molar-refractivity contribution >= 4 is 12.1 Å². The van der Waals surface area contributed by atoms with E-state index in [2.05, 4.69) is 0 Å². The van der Waals surface area contributed by atoms with E-state index in [9.17, 15) is 9.59 Å². The largest absolute Gasteiger partial charge is 0.459 e. The van der Waals surface area contributed by atoms with Crippen molar-refractivity contribution in [2.45, 2.75) is 58.3 Å². The van der Waals surface area contributed by atoms with E-state index in [1.807, 2.05) is 45.9 Å². The third-order valence-electron chi connectivity index (χ3n) is 3.74. The van der Waals surface area contributed by atoms with Crippen LogP contribution in [-0.2, 0) is 9.47 Å². The summed E-state index contributed by atoms with van der Waals surface area (Å²) in [6.45, 7) is 8.03. The summed E-state index contributed by atoms with van der Waals surface area (Å²) in [4.78, 5) is 26.0.